The van der Waals surface area contributed by atoms with Crippen LogP contribution in [0.4, 0.5) is 11.4 Å². The van der Waals surface area contributed by atoms with Crippen LogP contribution in [-0.2, 0) is 12.8 Å². The Kier molecular flexibility index (Phi) is 2.08. The molecule has 2 N–H and O–H groups in total. The van der Waals surface area contributed by atoms with Crippen molar-refractivity contribution in [1.29, 1.82) is 0 Å². The number of benzene rings is 1. The van der Waals surface area contributed by atoms with Crippen molar-refractivity contribution in [3.8, 4) is 0 Å². The van der Waals surface area contributed by atoms with Crippen LogP contribution < -0.4 is 10.6 Å². The average Bonchev–Trinajstić information content (AvgIpc) is 2.29. The van der Waals surface area contributed by atoms with Gasteiger partial charge in [-0.3, -0.25) is 0 Å². The molecule has 1 aromatic rings. The van der Waals surface area contributed by atoms with E-state index in [-0.39, 0.29) is 0 Å². The number of anilines is 2. The lowest BCUT2D eigenvalue weighted by atomic mass is 9.93. The van der Waals surface area contributed by atoms with Gasteiger partial charge in [-0.15, -0.1) is 0 Å². The van der Waals surface area contributed by atoms with Crippen molar-refractivity contribution in [2.45, 2.75) is 38.6 Å². The Labute approximate surface area is 91.1 Å². The van der Waals surface area contributed by atoms with Crippen molar-refractivity contribution in [3.63, 3.8) is 0 Å². The van der Waals surface area contributed by atoms with E-state index in [1.165, 1.54) is 48.2 Å². The first-order valence-corrected chi connectivity index (χ1v) is 6.00. The summed E-state index contributed by atoms with van der Waals surface area (Å²) in [4.78, 5) is 0. The zero-order valence-electron chi connectivity index (χ0n) is 9.27. The summed E-state index contributed by atoms with van der Waals surface area (Å²) in [5.74, 6) is 0. The van der Waals surface area contributed by atoms with Crippen LogP contribution in [0.25, 0.3) is 0 Å². The van der Waals surface area contributed by atoms with E-state index in [0.717, 1.165) is 6.54 Å². The van der Waals surface area contributed by atoms with E-state index in [4.69, 9.17) is 0 Å². The minimum absolute atomic E-state index is 0.618. The normalized spacial score (nSPS) is 23.4. The zero-order valence-corrected chi connectivity index (χ0v) is 9.27. The standard InChI is InChI=1S/C13H18N2/c1-9-4-5-11-7-6-10-3-2-8-14-12(10)13(11)15-9/h6-7,9,14-15H,2-5,8H2,1H3/t9-/m1/s1. The van der Waals surface area contributed by atoms with Gasteiger partial charge in [-0.2, -0.15) is 0 Å². The van der Waals surface area contributed by atoms with Crippen molar-refractivity contribution in [2.75, 3.05) is 17.2 Å². The van der Waals surface area contributed by atoms with Crippen LogP contribution in [-0.4, -0.2) is 12.6 Å². The number of rotatable bonds is 0. The molecule has 15 heavy (non-hydrogen) atoms. The second-order valence-electron chi connectivity index (χ2n) is 4.75. The van der Waals surface area contributed by atoms with Crippen LogP contribution in [0.1, 0.15) is 30.9 Å². The summed E-state index contributed by atoms with van der Waals surface area (Å²) in [7, 11) is 0. The molecule has 2 heteroatoms. The third-order valence-electron chi connectivity index (χ3n) is 3.54. The predicted molar refractivity (Wildman–Crippen MR) is 64.7 cm³/mol. The van der Waals surface area contributed by atoms with Gasteiger partial charge in [0, 0.05) is 12.6 Å². The van der Waals surface area contributed by atoms with Gasteiger partial charge in [0.25, 0.3) is 0 Å². The van der Waals surface area contributed by atoms with Crippen molar-refractivity contribution in [1.82, 2.24) is 0 Å². The first-order chi connectivity index (χ1) is 7.34. The first kappa shape index (κ1) is 9.08. The van der Waals surface area contributed by atoms with E-state index >= 15 is 0 Å². The molecule has 0 aromatic heterocycles. The molecular weight excluding hydrogens is 184 g/mol. The third-order valence-corrected chi connectivity index (χ3v) is 3.54. The molecule has 0 bridgehead atoms. The van der Waals surface area contributed by atoms with E-state index in [1.807, 2.05) is 0 Å². The summed E-state index contributed by atoms with van der Waals surface area (Å²) in [5, 5.41) is 7.17. The molecule has 0 aliphatic carbocycles. The second-order valence-corrected chi connectivity index (χ2v) is 4.75. The summed E-state index contributed by atoms with van der Waals surface area (Å²) in [6.07, 6.45) is 4.97. The molecule has 0 radical (unpaired) electrons. The molecule has 0 saturated heterocycles. The fourth-order valence-corrected chi connectivity index (χ4v) is 2.66. The van der Waals surface area contributed by atoms with E-state index in [0.29, 0.717) is 6.04 Å². The van der Waals surface area contributed by atoms with Gasteiger partial charge in [-0.05, 0) is 43.7 Å². The van der Waals surface area contributed by atoms with Crippen LogP contribution in [0, 0.1) is 0 Å². The lowest BCUT2D eigenvalue weighted by molar-refractivity contribution is 0.679. The molecule has 0 spiro atoms. The summed E-state index contributed by atoms with van der Waals surface area (Å²) in [5.41, 5.74) is 5.74. The van der Waals surface area contributed by atoms with E-state index in [2.05, 4.69) is 29.7 Å². The molecule has 2 aliphatic rings. The van der Waals surface area contributed by atoms with Gasteiger partial charge in [-0.1, -0.05) is 12.1 Å². The fraction of sp³-hybridized carbons (Fsp3) is 0.538. The van der Waals surface area contributed by atoms with Crippen LogP contribution in [0.5, 0.6) is 0 Å². The number of hydrogen-bond donors (Lipinski definition) is 2. The van der Waals surface area contributed by atoms with Gasteiger partial charge < -0.3 is 10.6 Å². The third kappa shape index (κ3) is 1.48. The van der Waals surface area contributed by atoms with Crippen molar-refractivity contribution in [2.24, 2.45) is 0 Å². The Morgan fingerprint density at radius 1 is 1.13 bits per heavy atom. The van der Waals surface area contributed by atoms with E-state index in [1.54, 1.807) is 0 Å². The summed E-state index contributed by atoms with van der Waals surface area (Å²) in [6, 6.07) is 5.23. The Hall–Kier alpha value is -1.18. The average molecular weight is 202 g/mol. The number of aryl methyl sites for hydroxylation is 2. The lowest BCUT2D eigenvalue weighted by Gasteiger charge is -2.30. The number of fused-ring (bicyclic) bond motifs is 3. The van der Waals surface area contributed by atoms with Gasteiger partial charge in [0.1, 0.15) is 0 Å². The molecule has 2 nitrogen and oxygen atoms in total. The minimum Gasteiger partial charge on any atom is -0.383 e. The molecular formula is C13H18N2. The SMILES string of the molecule is C[C@@H]1CCc2ccc3c(c2N1)NCCC3. The molecule has 2 heterocycles. The highest BCUT2D eigenvalue weighted by molar-refractivity contribution is 5.77. The second kappa shape index (κ2) is 3.44. The Morgan fingerprint density at radius 3 is 2.80 bits per heavy atom. The highest BCUT2D eigenvalue weighted by atomic mass is 15.0. The summed E-state index contributed by atoms with van der Waals surface area (Å²) < 4.78 is 0. The van der Waals surface area contributed by atoms with Crippen molar-refractivity contribution < 1.29 is 0 Å². The largest absolute Gasteiger partial charge is 0.383 e. The van der Waals surface area contributed by atoms with E-state index < -0.39 is 0 Å². The zero-order chi connectivity index (χ0) is 10.3. The molecule has 1 aromatic carbocycles. The minimum atomic E-state index is 0.618. The predicted octanol–water partition coefficient (Wildman–Crippen LogP) is 2.79. The number of nitrogens with one attached hydrogen (secondary N) is 2. The Morgan fingerprint density at radius 2 is 1.93 bits per heavy atom. The van der Waals surface area contributed by atoms with Crippen molar-refractivity contribution in [3.05, 3.63) is 23.3 Å². The highest BCUT2D eigenvalue weighted by Crippen LogP contribution is 2.37. The molecule has 80 valence electrons. The number of hydrogen-bond acceptors (Lipinski definition) is 2. The quantitative estimate of drug-likeness (QED) is 0.676. The van der Waals surface area contributed by atoms with Gasteiger partial charge in [0.2, 0.25) is 0 Å². The molecule has 1 atom stereocenters. The van der Waals surface area contributed by atoms with Crippen LogP contribution >= 0.6 is 0 Å². The highest BCUT2D eigenvalue weighted by Gasteiger charge is 2.20. The maximum atomic E-state index is 3.63. The maximum Gasteiger partial charge on any atom is 0.0613 e. The summed E-state index contributed by atoms with van der Waals surface area (Å²) in [6.45, 7) is 3.39. The maximum absolute atomic E-state index is 3.63. The van der Waals surface area contributed by atoms with Crippen LogP contribution in [0.2, 0.25) is 0 Å². The lowest BCUT2D eigenvalue weighted by Crippen LogP contribution is -2.25. The van der Waals surface area contributed by atoms with Gasteiger partial charge in [0.15, 0.2) is 0 Å². The Bertz CT molecular complexity index is 384. The Balaban J connectivity index is 2.08. The van der Waals surface area contributed by atoms with E-state index in [9.17, 15) is 0 Å². The molecule has 0 fully saturated rings. The summed E-state index contributed by atoms with van der Waals surface area (Å²) >= 11 is 0. The smallest absolute Gasteiger partial charge is 0.0613 e. The monoisotopic (exact) mass is 202 g/mol. The molecule has 3 rings (SSSR count). The topological polar surface area (TPSA) is 24.1 Å². The molecule has 2 aliphatic heterocycles. The molecule has 0 saturated carbocycles. The van der Waals surface area contributed by atoms with Gasteiger partial charge in [0.05, 0.1) is 11.4 Å². The molecule has 0 unspecified atom stereocenters. The van der Waals surface area contributed by atoms with Crippen molar-refractivity contribution >= 4 is 11.4 Å². The fourth-order valence-electron chi connectivity index (χ4n) is 2.66. The first-order valence-electron chi connectivity index (χ1n) is 6.00. The van der Waals surface area contributed by atoms with Crippen LogP contribution in [0.15, 0.2) is 12.1 Å². The van der Waals surface area contributed by atoms with Gasteiger partial charge in [-0.25, -0.2) is 0 Å². The van der Waals surface area contributed by atoms with Gasteiger partial charge >= 0.3 is 0 Å². The van der Waals surface area contributed by atoms with Crippen LogP contribution in [0.3, 0.4) is 0 Å². The molecule has 0 amide bonds.